The molecule has 3 atom stereocenters. The van der Waals surface area contributed by atoms with Gasteiger partial charge in [0.15, 0.2) is 0 Å². The molecule has 2 rings (SSSR count). The Morgan fingerprint density at radius 3 is 2.29 bits per heavy atom. The van der Waals surface area contributed by atoms with E-state index in [0.717, 1.165) is 11.3 Å². The molecule has 0 saturated heterocycles. The van der Waals surface area contributed by atoms with Crippen LogP contribution in [0.5, 0.6) is 5.75 Å². The molecule has 1 aromatic rings. The molecule has 1 saturated carbocycles. The predicted octanol–water partition coefficient (Wildman–Crippen LogP) is 2.37. The second kappa shape index (κ2) is 6.16. The van der Waals surface area contributed by atoms with Crippen LogP contribution >= 0.6 is 0 Å². The standard InChI is InChI=1S/C16H21NO4/c1-9(2)21-12-6-4-11(5-7-12)10(3)17-15(18)13-8-14(13)16(19)20/h4-7,9-10,13-14H,8H2,1-3H3,(H,17,18)(H,19,20)/t10-,13+,14+/m0/s1. The molecule has 2 N–H and O–H groups in total. The van der Waals surface area contributed by atoms with Crippen molar-refractivity contribution in [2.45, 2.75) is 39.3 Å². The summed E-state index contributed by atoms with van der Waals surface area (Å²) in [6, 6.07) is 7.40. The van der Waals surface area contributed by atoms with Crippen LogP contribution in [0.2, 0.25) is 0 Å². The molecule has 5 heteroatoms. The van der Waals surface area contributed by atoms with Crippen LogP contribution in [0.4, 0.5) is 0 Å². The average molecular weight is 291 g/mol. The SMILES string of the molecule is CC(C)Oc1ccc([C@H](C)NC(=O)[C@@H]2C[C@H]2C(=O)O)cc1. The van der Waals surface area contributed by atoms with E-state index >= 15 is 0 Å². The van der Waals surface area contributed by atoms with Gasteiger partial charge in [0.2, 0.25) is 5.91 Å². The van der Waals surface area contributed by atoms with E-state index < -0.39 is 11.9 Å². The fraction of sp³-hybridized carbons (Fsp3) is 0.500. The van der Waals surface area contributed by atoms with Crippen LogP contribution in [0.15, 0.2) is 24.3 Å². The molecule has 1 aliphatic rings. The monoisotopic (exact) mass is 291 g/mol. The zero-order valence-corrected chi connectivity index (χ0v) is 12.5. The minimum absolute atomic E-state index is 0.121. The van der Waals surface area contributed by atoms with Crippen molar-refractivity contribution in [1.82, 2.24) is 5.32 Å². The molecular weight excluding hydrogens is 270 g/mol. The summed E-state index contributed by atoms with van der Waals surface area (Å²) in [5, 5.41) is 11.7. The van der Waals surface area contributed by atoms with Crippen molar-refractivity contribution in [3.05, 3.63) is 29.8 Å². The molecule has 114 valence electrons. The molecule has 0 aliphatic heterocycles. The van der Waals surface area contributed by atoms with Crippen LogP contribution < -0.4 is 10.1 Å². The summed E-state index contributed by atoms with van der Waals surface area (Å²) in [6.45, 7) is 5.81. The van der Waals surface area contributed by atoms with Crippen LogP contribution in [-0.4, -0.2) is 23.1 Å². The summed E-state index contributed by atoms with van der Waals surface area (Å²) < 4.78 is 5.57. The fourth-order valence-electron chi connectivity index (χ4n) is 2.27. The van der Waals surface area contributed by atoms with Crippen LogP contribution in [0.3, 0.4) is 0 Å². The van der Waals surface area contributed by atoms with Gasteiger partial charge in [-0.3, -0.25) is 9.59 Å². The number of aliphatic carboxylic acids is 1. The molecular formula is C16H21NO4. The van der Waals surface area contributed by atoms with Crippen molar-refractivity contribution < 1.29 is 19.4 Å². The topological polar surface area (TPSA) is 75.6 Å². The van der Waals surface area contributed by atoms with Crippen molar-refractivity contribution in [2.24, 2.45) is 11.8 Å². The molecule has 0 bridgehead atoms. The highest BCUT2D eigenvalue weighted by Crippen LogP contribution is 2.39. The Kier molecular flexibility index (Phi) is 4.50. The molecule has 21 heavy (non-hydrogen) atoms. The molecule has 1 amide bonds. The molecule has 5 nitrogen and oxygen atoms in total. The molecule has 0 spiro atoms. The number of carbonyl (C=O) groups excluding carboxylic acids is 1. The second-order valence-electron chi connectivity index (χ2n) is 5.75. The molecule has 0 aromatic heterocycles. The van der Waals surface area contributed by atoms with Crippen LogP contribution in [0.25, 0.3) is 0 Å². The maximum atomic E-state index is 11.9. The first-order chi connectivity index (χ1) is 9.88. The minimum atomic E-state index is -0.891. The van der Waals surface area contributed by atoms with E-state index in [1.54, 1.807) is 0 Å². The lowest BCUT2D eigenvalue weighted by molar-refractivity contribution is -0.140. The molecule has 0 unspecified atom stereocenters. The number of rotatable bonds is 6. The van der Waals surface area contributed by atoms with Crippen molar-refractivity contribution in [3.63, 3.8) is 0 Å². The van der Waals surface area contributed by atoms with Gasteiger partial charge in [0.1, 0.15) is 5.75 Å². The van der Waals surface area contributed by atoms with Gasteiger partial charge in [-0.05, 0) is 44.9 Å². The number of benzene rings is 1. The van der Waals surface area contributed by atoms with E-state index in [1.807, 2.05) is 45.0 Å². The lowest BCUT2D eigenvalue weighted by Crippen LogP contribution is -2.29. The lowest BCUT2D eigenvalue weighted by atomic mass is 10.1. The smallest absolute Gasteiger partial charge is 0.307 e. The van der Waals surface area contributed by atoms with Gasteiger partial charge < -0.3 is 15.2 Å². The van der Waals surface area contributed by atoms with Crippen molar-refractivity contribution >= 4 is 11.9 Å². The molecule has 0 radical (unpaired) electrons. The Labute approximate surface area is 124 Å². The van der Waals surface area contributed by atoms with Gasteiger partial charge in [-0.25, -0.2) is 0 Å². The third-order valence-electron chi connectivity index (χ3n) is 3.56. The number of amides is 1. The maximum absolute atomic E-state index is 11.9. The number of hydrogen-bond acceptors (Lipinski definition) is 3. The number of carboxylic acids is 1. The minimum Gasteiger partial charge on any atom is -0.491 e. The first-order valence-electron chi connectivity index (χ1n) is 7.18. The first-order valence-corrected chi connectivity index (χ1v) is 7.18. The Morgan fingerprint density at radius 2 is 1.81 bits per heavy atom. The van der Waals surface area contributed by atoms with Gasteiger partial charge in [-0.1, -0.05) is 12.1 Å². The van der Waals surface area contributed by atoms with Gasteiger partial charge in [0, 0.05) is 0 Å². The third kappa shape index (κ3) is 3.97. The zero-order valence-electron chi connectivity index (χ0n) is 12.5. The maximum Gasteiger partial charge on any atom is 0.307 e. The van der Waals surface area contributed by atoms with Crippen molar-refractivity contribution in [2.75, 3.05) is 0 Å². The van der Waals surface area contributed by atoms with E-state index in [2.05, 4.69) is 5.32 Å². The van der Waals surface area contributed by atoms with Crippen LogP contribution in [0.1, 0.15) is 38.8 Å². The first kappa shape index (κ1) is 15.4. The number of ether oxygens (including phenoxy) is 1. The summed E-state index contributed by atoms with van der Waals surface area (Å²) in [7, 11) is 0. The molecule has 0 heterocycles. The van der Waals surface area contributed by atoms with Gasteiger partial charge in [0.25, 0.3) is 0 Å². The quantitative estimate of drug-likeness (QED) is 0.843. The summed E-state index contributed by atoms with van der Waals surface area (Å²) >= 11 is 0. The number of nitrogens with one attached hydrogen (secondary N) is 1. The normalized spacial score (nSPS) is 21.7. The van der Waals surface area contributed by atoms with Crippen molar-refractivity contribution in [3.8, 4) is 5.75 Å². The Morgan fingerprint density at radius 1 is 1.19 bits per heavy atom. The van der Waals surface area contributed by atoms with Crippen LogP contribution in [0, 0.1) is 11.8 Å². The number of hydrogen-bond donors (Lipinski definition) is 2. The van der Waals surface area contributed by atoms with E-state index in [1.165, 1.54) is 0 Å². The Hall–Kier alpha value is -2.04. The number of carbonyl (C=O) groups is 2. The Balaban J connectivity index is 1.90. The summed E-state index contributed by atoms with van der Waals surface area (Å²) in [5.74, 6) is -1.18. The van der Waals surface area contributed by atoms with Gasteiger partial charge in [0.05, 0.1) is 24.0 Å². The largest absolute Gasteiger partial charge is 0.491 e. The van der Waals surface area contributed by atoms with Crippen LogP contribution in [-0.2, 0) is 9.59 Å². The highest BCUT2D eigenvalue weighted by atomic mass is 16.5. The van der Waals surface area contributed by atoms with E-state index in [9.17, 15) is 9.59 Å². The Bertz CT molecular complexity index is 524. The van der Waals surface area contributed by atoms with E-state index in [-0.39, 0.29) is 24.0 Å². The van der Waals surface area contributed by atoms with E-state index in [0.29, 0.717) is 6.42 Å². The summed E-state index contributed by atoms with van der Waals surface area (Å²) in [4.78, 5) is 22.7. The summed E-state index contributed by atoms with van der Waals surface area (Å²) in [5.41, 5.74) is 0.965. The highest BCUT2D eigenvalue weighted by Gasteiger charge is 2.48. The summed E-state index contributed by atoms with van der Waals surface area (Å²) in [6.07, 6.45) is 0.561. The zero-order chi connectivity index (χ0) is 15.6. The molecule has 1 aromatic carbocycles. The van der Waals surface area contributed by atoms with Gasteiger partial charge in [-0.15, -0.1) is 0 Å². The average Bonchev–Trinajstić information content (AvgIpc) is 3.19. The highest BCUT2D eigenvalue weighted by molar-refractivity contribution is 5.89. The second-order valence-corrected chi connectivity index (χ2v) is 5.75. The molecule has 1 fully saturated rings. The van der Waals surface area contributed by atoms with Crippen molar-refractivity contribution in [1.29, 1.82) is 0 Å². The predicted molar refractivity (Wildman–Crippen MR) is 78.0 cm³/mol. The molecule has 1 aliphatic carbocycles. The van der Waals surface area contributed by atoms with E-state index in [4.69, 9.17) is 9.84 Å². The lowest BCUT2D eigenvalue weighted by Gasteiger charge is -2.15. The third-order valence-corrected chi connectivity index (χ3v) is 3.56. The number of carboxylic acid groups (broad SMARTS) is 1. The fourth-order valence-corrected chi connectivity index (χ4v) is 2.27. The van der Waals surface area contributed by atoms with Gasteiger partial charge >= 0.3 is 5.97 Å². The van der Waals surface area contributed by atoms with Gasteiger partial charge in [-0.2, -0.15) is 0 Å².